The fourth-order valence-corrected chi connectivity index (χ4v) is 2.33. The molecule has 0 fully saturated rings. The molecule has 1 aromatic rings. The highest BCUT2D eigenvalue weighted by atomic mass is 35.5. The molecule has 1 rings (SSSR count). The summed E-state index contributed by atoms with van der Waals surface area (Å²) in [7, 11) is -3.40. The van der Waals surface area contributed by atoms with Crippen molar-refractivity contribution in [3.8, 4) is 0 Å². The lowest BCUT2D eigenvalue weighted by molar-refractivity contribution is -0.254. The van der Waals surface area contributed by atoms with E-state index in [0.717, 1.165) is 12.4 Å². The van der Waals surface area contributed by atoms with Crippen LogP contribution in [-0.2, 0) is 21.3 Å². The van der Waals surface area contributed by atoms with E-state index in [1.165, 1.54) is 0 Å². The average molecular weight is 253 g/mol. The molecule has 0 spiro atoms. The molecule has 1 aromatic heterocycles. The molecule has 0 aromatic carbocycles. The highest BCUT2D eigenvalue weighted by Crippen LogP contribution is 2.08. The Hall–Kier alpha value is -0.760. The van der Waals surface area contributed by atoms with Crippen LogP contribution < -0.4 is 0 Å². The van der Waals surface area contributed by atoms with E-state index in [-0.39, 0.29) is 29.0 Å². The van der Waals surface area contributed by atoms with Gasteiger partial charge in [0.25, 0.3) is 0 Å². The summed E-state index contributed by atoms with van der Waals surface area (Å²) < 4.78 is 22.9. The molecule has 0 amide bonds. The molecule has 6 nitrogen and oxygen atoms in total. The number of hydrogen-bond acceptors (Lipinski definition) is 6. The third kappa shape index (κ3) is 3.38. The first-order valence-corrected chi connectivity index (χ1v) is 6.15. The van der Waals surface area contributed by atoms with Crippen molar-refractivity contribution in [2.24, 2.45) is 0 Å². The van der Waals surface area contributed by atoms with Crippen LogP contribution in [0.1, 0.15) is 5.82 Å². The third-order valence-corrected chi connectivity index (χ3v) is 3.66. The Morgan fingerprint density at radius 3 is 2.47 bits per heavy atom. The predicted octanol–water partition coefficient (Wildman–Crippen LogP) is 0.479. The van der Waals surface area contributed by atoms with Gasteiger partial charge in [-0.25, -0.2) is 23.3 Å². The van der Waals surface area contributed by atoms with E-state index >= 15 is 0 Å². The lowest BCUT2D eigenvalue weighted by atomic mass is 10.6. The summed E-state index contributed by atoms with van der Waals surface area (Å²) in [6.07, 6.45) is 2.31. The molecule has 0 atom stereocenters. The van der Waals surface area contributed by atoms with Crippen molar-refractivity contribution in [1.29, 1.82) is 0 Å². The van der Waals surface area contributed by atoms with E-state index < -0.39 is 9.84 Å². The van der Waals surface area contributed by atoms with Gasteiger partial charge in [0.1, 0.15) is 11.5 Å². The van der Waals surface area contributed by atoms with E-state index in [1.54, 1.807) is 0 Å². The van der Waals surface area contributed by atoms with Gasteiger partial charge in [-0.15, -0.1) is 11.6 Å². The summed E-state index contributed by atoms with van der Waals surface area (Å²) in [5.74, 6) is 0.0553. The molecule has 0 radical (unpaired) electrons. The smallest absolute Gasteiger partial charge is 0.182 e. The van der Waals surface area contributed by atoms with Crippen molar-refractivity contribution in [3.63, 3.8) is 0 Å². The molecule has 1 heterocycles. The molecule has 0 bridgehead atoms. The Kier molecular flexibility index (Phi) is 4.40. The second kappa shape index (κ2) is 5.36. The van der Waals surface area contributed by atoms with Crippen molar-refractivity contribution >= 4 is 21.4 Å². The second-order valence-corrected chi connectivity index (χ2v) is 5.10. The van der Waals surface area contributed by atoms with Gasteiger partial charge in [0.05, 0.1) is 5.75 Å². The monoisotopic (exact) mass is 252 g/mol. The highest BCUT2D eigenvalue weighted by Gasteiger charge is 2.14. The van der Waals surface area contributed by atoms with Crippen molar-refractivity contribution in [2.45, 2.75) is 11.5 Å². The molecule has 15 heavy (non-hydrogen) atoms. The maximum absolute atomic E-state index is 11.5. The summed E-state index contributed by atoms with van der Waals surface area (Å²) in [5.41, 5.74) is 0. The number of sulfone groups is 1. The zero-order valence-electron chi connectivity index (χ0n) is 7.63. The standard InChI is InChI=1S/C7H9ClN2O4S/c8-1-2-15(12,13)6-3-9-7(5-14-11)10-4-6/h3-4,11H,1-2,5H2. The largest absolute Gasteiger partial charge is 0.251 e. The fraction of sp³-hybridized carbons (Fsp3) is 0.429. The van der Waals surface area contributed by atoms with Gasteiger partial charge in [0.2, 0.25) is 0 Å². The zero-order chi connectivity index (χ0) is 11.3. The first-order valence-electron chi connectivity index (χ1n) is 3.96. The maximum Gasteiger partial charge on any atom is 0.182 e. The molecule has 0 aliphatic heterocycles. The highest BCUT2D eigenvalue weighted by molar-refractivity contribution is 7.91. The fourth-order valence-electron chi connectivity index (χ4n) is 0.855. The Morgan fingerprint density at radius 1 is 1.40 bits per heavy atom. The van der Waals surface area contributed by atoms with E-state index in [2.05, 4.69) is 14.9 Å². The van der Waals surface area contributed by atoms with Gasteiger partial charge in [0, 0.05) is 18.3 Å². The van der Waals surface area contributed by atoms with Crippen LogP contribution in [0.15, 0.2) is 17.3 Å². The molecular weight excluding hydrogens is 244 g/mol. The first kappa shape index (κ1) is 12.3. The minimum Gasteiger partial charge on any atom is -0.251 e. The van der Waals surface area contributed by atoms with Crippen molar-refractivity contribution in [3.05, 3.63) is 18.2 Å². The van der Waals surface area contributed by atoms with Gasteiger partial charge in [-0.3, -0.25) is 5.26 Å². The van der Waals surface area contributed by atoms with Crippen LogP contribution in [0.25, 0.3) is 0 Å². The van der Waals surface area contributed by atoms with E-state index in [0.29, 0.717) is 0 Å². The topological polar surface area (TPSA) is 89.4 Å². The van der Waals surface area contributed by atoms with Crippen LogP contribution in [0, 0.1) is 0 Å². The maximum atomic E-state index is 11.5. The summed E-state index contributed by atoms with van der Waals surface area (Å²) in [4.78, 5) is 11.2. The number of alkyl halides is 1. The second-order valence-electron chi connectivity index (χ2n) is 2.62. The van der Waals surface area contributed by atoms with Gasteiger partial charge in [-0.05, 0) is 0 Å². The number of halogens is 1. The van der Waals surface area contributed by atoms with Crippen molar-refractivity contribution < 1.29 is 18.6 Å². The van der Waals surface area contributed by atoms with Crippen LogP contribution in [-0.4, -0.2) is 35.3 Å². The van der Waals surface area contributed by atoms with Gasteiger partial charge in [0.15, 0.2) is 15.7 Å². The molecule has 0 saturated heterocycles. The van der Waals surface area contributed by atoms with Gasteiger partial charge in [-0.2, -0.15) is 0 Å². The molecule has 0 aliphatic carbocycles. The minimum absolute atomic E-state index is 0.00448. The molecule has 1 N–H and O–H groups in total. The van der Waals surface area contributed by atoms with Crippen LogP contribution in [0.5, 0.6) is 0 Å². The van der Waals surface area contributed by atoms with Crippen LogP contribution in [0.3, 0.4) is 0 Å². The van der Waals surface area contributed by atoms with Gasteiger partial charge in [-0.1, -0.05) is 0 Å². The Morgan fingerprint density at radius 2 is 2.00 bits per heavy atom. The van der Waals surface area contributed by atoms with Crippen molar-refractivity contribution in [1.82, 2.24) is 9.97 Å². The number of aromatic nitrogens is 2. The molecule has 0 aliphatic rings. The van der Waals surface area contributed by atoms with E-state index in [1.807, 2.05) is 0 Å². The molecule has 8 heteroatoms. The lowest BCUT2D eigenvalue weighted by Gasteiger charge is -2.01. The van der Waals surface area contributed by atoms with E-state index in [4.69, 9.17) is 16.9 Å². The average Bonchev–Trinajstić information content (AvgIpc) is 2.19. The first-order chi connectivity index (χ1) is 7.10. The quantitative estimate of drug-likeness (QED) is 0.466. The zero-order valence-corrected chi connectivity index (χ0v) is 9.20. The van der Waals surface area contributed by atoms with Crippen LogP contribution >= 0.6 is 11.6 Å². The molecular formula is C7H9ClN2O4S. The minimum atomic E-state index is -3.40. The van der Waals surface area contributed by atoms with Gasteiger partial charge < -0.3 is 0 Å². The SMILES string of the molecule is O=S(=O)(CCCl)c1cnc(COO)nc1. The lowest BCUT2D eigenvalue weighted by Crippen LogP contribution is -2.09. The third-order valence-electron chi connectivity index (χ3n) is 1.58. The molecule has 84 valence electrons. The van der Waals surface area contributed by atoms with Crippen LogP contribution in [0.2, 0.25) is 0 Å². The predicted molar refractivity (Wildman–Crippen MR) is 52.2 cm³/mol. The Balaban J connectivity index is 2.89. The number of rotatable bonds is 5. The Labute approximate surface area is 91.7 Å². The summed E-state index contributed by atoms with van der Waals surface area (Å²) in [6.45, 7) is -0.185. The summed E-state index contributed by atoms with van der Waals surface area (Å²) in [5, 5.41) is 8.12. The normalized spacial score (nSPS) is 11.6. The summed E-state index contributed by atoms with van der Waals surface area (Å²) in [6, 6.07) is 0. The number of nitrogens with zero attached hydrogens (tertiary/aromatic N) is 2. The molecule has 0 unspecified atom stereocenters. The molecule has 0 saturated carbocycles. The van der Waals surface area contributed by atoms with Gasteiger partial charge >= 0.3 is 0 Å². The van der Waals surface area contributed by atoms with E-state index in [9.17, 15) is 8.42 Å². The Bertz CT molecular complexity index is 406. The number of hydrogen-bond donors (Lipinski definition) is 1. The van der Waals surface area contributed by atoms with Crippen LogP contribution in [0.4, 0.5) is 0 Å². The van der Waals surface area contributed by atoms with Crippen molar-refractivity contribution in [2.75, 3.05) is 11.6 Å². The summed E-state index contributed by atoms with van der Waals surface area (Å²) >= 11 is 5.34.